The van der Waals surface area contributed by atoms with E-state index in [1.54, 1.807) is 27.7 Å². The van der Waals surface area contributed by atoms with Gasteiger partial charge >= 0.3 is 0 Å². The first-order valence-corrected chi connectivity index (χ1v) is 5.69. The monoisotopic (exact) mass is 243 g/mol. The van der Waals surface area contributed by atoms with Crippen LogP contribution in [0.15, 0.2) is 30.3 Å². The summed E-state index contributed by atoms with van der Waals surface area (Å²) >= 11 is 0. The number of anilines is 1. The van der Waals surface area contributed by atoms with Crippen molar-refractivity contribution in [2.24, 2.45) is 0 Å². The van der Waals surface area contributed by atoms with Crippen LogP contribution in [0.25, 0.3) is 0 Å². The molecule has 0 bridgehead atoms. The predicted octanol–water partition coefficient (Wildman–Crippen LogP) is 3.03. The van der Waals surface area contributed by atoms with Crippen LogP contribution in [0.5, 0.6) is 0 Å². The first-order valence-electron chi connectivity index (χ1n) is 5.69. The minimum atomic E-state index is -0.996. The van der Waals surface area contributed by atoms with Gasteiger partial charge in [0.2, 0.25) is 0 Å². The summed E-state index contributed by atoms with van der Waals surface area (Å²) in [5, 5.41) is 19.8. The Hall–Kier alpha value is -2.04. The first kappa shape index (κ1) is 14.0. The zero-order valence-corrected chi connectivity index (χ0v) is 11.1. The average molecular weight is 243 g/mol. The van der Waals surface area contributed by atoms with Crippen LogP contribution in [0.4, 0.5) is 5.69 Å². The Balaban J connectivity index is 3.15. The van der Waals surface area contributed by atoms with Gasteiger partial charge in [-0.15, -0.1) is 0 Å². The zero-order chi connectivity index (χ0) is 13.8. The Bertz CT molecular complexity index is 480. The van der Waals surface area contributed by atoms with Crippen molar-refractivity contribution in [3.05, 3.63) is 30.3 Å². The van der Waals surface area contributed by atoms with Gasteiger partial charge in [-0.2, -0.15) is 10.5 Å². The lowest BCUT2D eigenvalue weighted by molar-refractivity contribution is -0.0155. The van der Waals surface area contributed by atoms with E-state index in [0.29, 0.717) is 0 Å². The van der Waals surface area contributed by atoms with Gasteiger partial charge in [0, 0.05) is 0 Å². The molecule has 18 heavy (non-hydrogen) atoms. The summed E-state index contributed by atoms with van der Waals surface area (Å²) in [6.07, 6.45) is 0. The van der Waals surface area contributed by atoms with E-state index in [-0.39, 0.29) is 0 Å². The highest BCUT2D eigenvalue weighted by Crippen LogP contribution is 2.27. The smallest absolute Gasteiger partial charge is 0.176 e. The van der Waals surface area contributed by atoms with Crippen LogP contribution in [0.2, 0.25) is 0 Å². The van der Waals surface area contributed by atoms with Gasteiger partial charge in [0.05, 0.1) is 17.8 Å². The van der Waals surface area contributed by atoms with Crippen LogP contribution in [0.3, 0.4) is 0 Å². The molecule has 0 fully saturated rings. The summed E-state index contributed by atoms with van der Waals surface area (Å²) in [5.74, 6) is 0. The summed E-state index contributed by atoms with van der Waals surface area (Å²) in [6.45, 7) is 6.81. The topological polar surface area (TPSA) is 60.0 Å². The molecule has 1 aromatic carbocycles. The second kappa shape index (κ2) is 5.08. The van der Waals surface area contributed by atoms with Gasteiger partial charge in [0.1, 0.15) is 5.54 Å². The van der Waals surface area contributed by atoms with E-state index in [0.717, 1.165) is 5.69 Å². The molecule has 4 nitrogen and oxygen atoms in total. The summed E-state index contributed by atoms with van der Waals surface area (Å²) in [7, 11) is 0. The number of nitrogens with zero attached hydrogens (tertiary/aromatic N) is 3. The fraction of sp³-hybridized carbons (Fsp3) is 0.429. The molecule has 0 aliphatic carbocycles. The normalized spacial score (nSPS) is 11.4. The van der Waals surface area contributed by atoms with E-state index in [2.05, 4.69) is 12.1 Å². The van der Waals surface area contributed by atoms with Gasteiger partial charge in [0.15, 0.2) is 5.60 Å². The maximum atomic E-state index is 9.24. The minimum absolute atomic E-state index is 0.743. The van der Waals surface area contributed by atoms with Crippen molar-refractivity contribution in [3.63, 3.8) is 0 Å². The quantitative estimate of drug-likeness (QED) is 0.762. The van der Waals surface area contributed by atoms with Gasteiger partial charge in [0.25, 0.3) is 0 Å². The second-order valence-corrected chi connectivity index (χ2v) is 5.01. The lowest BCUT2D eigenvalue weighted by Crippen LogP contribution is -2.47. The predicted molar refractivity (Wildman–Crippen MR) is 69.4 cm³/mol. The van der Waals surface area contributed by atoms with Gasteiger partial charge in [-0.1, -0.05) is 18.2 Å². The van der Waals surface area contributed by atoms with E-state index >= 15 is 0 Å². The molecule has 0 radical (unpaired) electrons. The standard InChI is InChI=1S/C14H17N3O/c1-13(2,10-15)17(18-14(3,4)11-16)12-8-6-5-7-9-12/h5-9H,1-4H3. The van der Waals surface area contributed by atoms with Crippen molar-refractivity contribution in [3.8, 4) is 12.1 Å². The molecule has 0 unspecified atom stereocenters. The maximum Gasteiger partial charge on any atom is 0.176 e. The van der Waals surface area contributed by atoms with Crippen LogP contribution in [-0.2, 0) is 4.84 Å². The van der Waals surface area contributed by atoms with Crippen LogP contribution in [0, 0.1) is 22.7 Å². The van der Waals surface area contributed by atoms with Gasteiger partial charge < -0.3 is 0 Å². The summed E-state index contributed by atoms with van der Waals surface area (Å²) in [4.78, 5) is 5.68. The van der Waals surface area contributed by atoms with Crippen molar-refractivity contribution in [2.75, 3.05) is 5.06 Å². The lowest BCUT2D eigenvalue weighted by atomic mass is 10.1. The Labute approximate surface area is 108 Å². The molecule has 4 heteroatoms. The second-order valence-electron chi connectivity index (χ2n) is 5.01. The van der Waals surface area contributed by atoms with Gasteiger partial charge in [-0.3, -0.25) is 4.84 Å². The molecular weight excluding hydrogens is 226 g/mol. The Morgan fingerprint density at radius 2 is 1.56 bits per heavy atom. The Kier molecular flexibility index (Phi) is 3.96. The number of rotatable bonds is 4. The van der Waals surface area contributed by atoms with Gasteiger partial charge in [-0.25, -0.2) is 5.06 Å². The van der Waals surface area contributed by atoms with Crippen molar-refractivity contribution in [1.82, 2.24) is 0 Å². The molecule has 94 valence electrons. The number of para-hydroxylation sites is 1. The van der Waals surface area contributed by atoms with Crippen molar-refractivity contribution in [2.45, 2.75) is 38.8 Å². The molecule has 0 N–H and O–H groups in total. The van der Waals surface area contributed by atoms with E-state index in [9.17, 15) is 5.26 Å². The summed E-state index contributed by atoms with van der Waals surface area (Å²) in [5.41, 5.74) is -1.12. The third-order valence-corrected chi connectivity index (χ3v) is 2.36. The number of hydrogen-bond donors (Lipinski definition) is 0. The molecule has 0 atom stereocenters. The molecule has 0 spiro atoms. The summed E-state index contributed by atoms with van der Waals surface area (Å²) < 4.78 is 0. The minimum Gasteiger partial charge on any atom is -0.251 e. The zero-order valence-electron chi connectivity index (χ0n) is 11.1. The highest BCUT2D eigenvalue weighted by Gasteiger charge is 2.33. The number of benzene rings is 1. The van der Waals surface area contributed by atoms with Gasteiger partial charge in [-0.05, 0) is 39.8 Å². The maximum absolute atomic E-state index is 9.24. The largest absolute Gasteiger partial charge is 0.251 e. The number of nitriles is 2. The molecule has 0 heterocycles. The van der Waals surface area contributed by atoms with Crippen LogP contribution < -0.4 is 5.06 Å². The molecule has 0 saturated carbocycles. The van der Waals surface area contributed by atoms with E-state index in [1.807, 2.05) is 30.3 Å². The van der Waals surface area contributed by atoms with Crippen LogP contribution in [0.1, 0.15) is 27.7 Å². The fourth-order valence-corrected chi connectivity index (χ4v) is 1.35. The molecule has 0 saturated heterocycles. The Morgan fingerprint density at radius 3 is 2.00 bits per heavy atom. The number of hydroxylamine groups is 1. The molecular formula is C14H17N3O. The van der Waals surface area contributed by atoms with Crippen molar-refractivity contribution in [1.29, 1.82) is 10.5 Å². The van der Waals surface area contributed by atoms with E-state index in [4.69, 9.17) is 10.1 Å². The molecule has 1 aromatic rings. The van der Waals surface area contributed by atoms with Crippen molar-refractivity contribution >= 4 is 5.69 Å². The molecule has 0 aliphatic rings. The third kappa shape index (κ3) is 3.23. The first-order chi connectivity index (χ1) is 8.32. The molecule has 0 aliphatic heterocycles. The molecule has 0 aromatic heterocycles. The summed E-state index contributed by atoms with van der Waals surface area (Å²) in [6, 6.07) is 13.5. The lowest BCUT2D eigenvalue weighted by Gasteiger charge is -2.37. The van der Waals surface area contributed by atoms with Crippen molar-refractivity contribution < 1.29 is 4.84 Å². The Morgan fingerprint density at radius 1 is 1.00 bits per heavy atom. The van der Waals surface area contributed by atoms with Crippen LogP contribution in [-0.4, -0.2) is 11.1 Å². The third-order valence-electron chi connectivity index (χ3n) is 2.36. The van der Waals surface area contributed by atoms with Crippen LogP contribution >= 0.6 is 0 Å². The highest BCUT2D eigenvalue weighted by atomic mass is 16.7. The average Bonchev–Trinajstić information content (AvgIpc) is 2.37. The fourth-order valence-electron chi connectivity index (χ4n) is 1.35. The molecule has 1 rings (SSSR count). The van der Waals surface area contributed by atoms with E-state index in [1.165, 1.54) is 5.06 Å². The SMILES string of the molecule is CC(C)(C#N)ON(c1ccccc1)C(C)(C)C#N. The number of hydrogen-bond acceptors (Lipinski definition) is 4. The highest BCUT2D eigenvalue weighted by molar-refractivity contribution is 5.47. The van der Waals surface area contributed by atoms with E-state index < -0.39 is 11.1 Å². The molecule has 0 amide bonds.